The van der Waals surface area contributed by atoms with Gasteiger partial charge in [-0.2, -0.15) is 0 Å². The van der Waals surface area contributed by atoms with E-state index in [0.29, 0.717) is 12.0 Å². The number of nitrogens with one attached hydrogen (secondary N) is 1. The molecule has 1 aromatic carbocycles. The molecule has 0 aliphatic heterocycles. The fourth-order valence-electron chi connectivity index (χ4n) is 2.37. The van der Waals surface area contributed by atoms with Crippen molar-refractivity contribution in [2.75, 3.05) is 19.9 Å². The lowest BCUT2D eigenvalue weighted by molar-refractivity contribution is 0.414. The smallest absolute Gasteiger partial charge is 0.208 e. The molecular weight excluding hydrogens is 262 g/mol. The molecule has 5 heteroatoms. The van der Waals surface area contributed by atoms with E-state index in [1.165, 1.54) is 24.7 Å². The monoisotopic (exact) mass is 283 g/mol. The Morgan fingerprint density at radius 2 is 1.89 bits per heavy atom. The maximum atomic E-state index is 11.0. The number of benzene rings is 1. The second kappa shape index (κ2) is 5.51. The predicted octanol–water partition coefficient (Wildman–Crippen LogP) is 1.96. The topological polar surface area (TPSA) is 55.4 Å². The number of ether oxygens (including phenoxy) is 1. The highest BCUT2D eigenvalue weighted by Gasteiger charge is 2.41. The van der Waals surface area contributed by atoms with Crippen molar-refractivity contribution in [2.24, 2.45) is 5.41 Å². The van der Waals surface area contributed by atoms with Crippen LogP contribution < -0.4 is 9.46 Å². The first-order chi connectivity index (χ1) is 8.92. The summed E-state index contributed by atoms with van der Waals surface area (Å²) in [5.74, 6) is 0.868. The molecule has 1 aliphatic carbocycles. The minimum absolute atomic E-state index is 0.298. The molecule has 0 atom stereocenters. The maximum absolute atomic E-state index is 11.0. The Labute approximate surface area is 115 Å². The van der Waals surface area contributed by atoms with Crippen molar-refractivity contribution in [3.05, 3.63) is 29.8 Å². The van der Waals surface area contributed by atoms with Gasteiger partial charge >= 0.3 is 0 Å². The lowest BCUT2D eigenvalue weighted by Gasteiger charge is -2.15. The second-order valence-corrected chi connectivity index (χ2v) is 7.27. The van der Waals surface area contributed by atoms with Gasteiger partial charge in [0.25, 0.3) is 0 Å². The summed E-state index contributed by atoms with van der Waals surface area (Å²) in [5, 5.41) is 0. The van der Waals surface area contributed by atoms with Crippen LogP contribution in [0.1, 0.15) is 24.8 Å². The molecule has 106 valence electrons. The van der Waals surface area contributed by atoms with Crippen LogP contribution in [-0.2, 0) is 16.4 Å². The van der Waals surface area contributed by atoms with Crippen molar-refractivity contribution in [1.82, 2.24) is 4.72 Å². The van der Waals surface area contributed by atoms with Gasteiger partial charge in [0.15, 0.2) is 0 Å². The summed E-state index contributed by atoms with van der Waals surface area (Å²) in [6.45, 7) is 0.537. The molecule has 0 aromatic heterocycles. The van der Waals surface area contributed by atoms with E-state index in [1.807, 2.05) is 12.1 Å². The van der Waals surface area contributed by atoms with Gasteiger partial charge < -0.3 is 4.74 Å². The van der Waals surface area contributed by atoms with E-state index in [9.17, 15) is 8.42 Å². The van der Waals surface area contributed by atoms with Gasteiger partial charge in [-0.1, -0.05) is 12.1 Å². The maximum Gasteiger partial charge on any atom is 0.208 e. The Balaban J connectivity index is 1.87. The molecular formula is C14H21NO3S. The first-order valence-corrected chi connectivity index (χ1v) is 8.39. The molecule has 1 aliphatic rings. The van der Waals surface area contributed by atoms with Crippen LogP contribution in [0.3, 0.4) is 0 Å². The Kier molecular flexibility index (Phi) is 4.16. The minimum atomic E-state index is -3.07. The van der Waals surface area contributed by atoms with Gasteiger partial charge in [0.2, 0.25) is 10.0 Å². The fourth-order valence-corrected chi connectivity index (χ4v) is 2.84. The molecule has 1 aromatic rings. The molecule has 0 radical (unpaired) electrons. The van der Waals surface area contributed by atoms with E-state index < -0.39 is 10.0 Å². The average Bonchev–Trinajstić information content (AvgIpc) is 3.08. The Hall–Kier alpha value is -1.07. The largest absolute Gasteiger partial charge is 0.497 e. The molecule has 0 amide bonds. The lowest BCUT2D eigenvalue weighted by atomic mass is 9.93. The summed E-state index contributed by atoms with van der Waals surface area (Å²) < 4.78 is 29.8. The average molecular weight is 283 g/mol. The van der Waals surface area contributed by atoms with Gasteiger partial charge in [-0.15, -0.1) is 0 Å². The number of methoxy groups -OCH3 is 1. The second-order valence-electron chi connectivity index (χ2n) is 5.44. The SMILES string of the molecule is COc1ccc(CC2(CCNS(C)(=O)=O)CC2)cc1. The van der Waals surface area contributed by atoms with E-state index in [4.69, 9.17) is 4.74 Å². The first kappa shape index (κ1) is 14.3. The lowest BCUT2D eigenvalue weighted by Crippen LogP contribution is -2.25. The molecule has 0 heterocycles. The van der Waals surface area contributed by atoms with Crippen LogP contribution in [0, 0.1) is 5.41 Å². The third-order valence-electron chi connectivity index (χ3n) is 3.71. The van der Waals surface area contributed by atoms with E-state index in [2.05, 4.69) is 16.9 Å². The third-order valence-corrected chi connectivity index (χ3v) is 4.44. The van der Waals surface area contributed by atoms with E-state index in [0.717, 1.165) is 18.6 Å². The van der Waals surface area contributed by atoms with Crippen LogP contribution in [0.2, 0.25) is 0 Å². The van der Waals surface area contributed by atoms with Crippen molar-refractivity contribution >= 4 is 10.0 Å². The summed E-state index contributed by atoms with van der Waals surface area (Å²) in [6, 6.07) is 8.12. The van der Waals surface area contributed by atoms with Crippen LogP contribution in [0.25, 0.3) is 0 Å². The molecule has 2 rings (SSSR count). The fraction of sp³-hybridized carbons (Fsp3) is 0.571. The molecule has 1 fully saturated rings. The van der Waals surface area contributed by atoms with Crippen LogP contribution in [0.5, 0.6) is 5.75 Å². The van der Waals surface area contributed by atoms with E-state index in [1.54, 1.807) is 7.11 Å². The van der Waals surface area contributed by atoms with E-state index >= 15 is 0 Å². The molecule has 19 heavy (non-hydrogen) atoms. The van der Waals surface area contributed by atoms with Gasteiger partial charge in [0, 0.05) is 6.54 Å². The van der Waals surface area contributed by atoms with Crippen LogP contribution in [0.15, 0.2) is 24.3 Å². The van der Waals surface area contributed by atoms with Gasteiger partial charge in [-0.3, -0.25) is 0 Å². The Morgan fingerprint density at radius 3 is 2.37 bits per heavy atom. The summed E-state index contributed by atoms with van der Waals surface area (Å²) in [7, 11) is -1.41. The van der Waals surface area contributed by atoms with Crippen molar-refractivity contribution in [1.29, 1.82) is 0 Å². The number of rotatable bonds is 7. The minimum Gasteiger partial charge on any atom is -0.497 e. The van der Waals surface area contributed by atoms with E-state index in [-0.39, 0.29) is 0 Å². The number of hydrogen-bond acceptors (Lipinski definition) is 3. The van der Waals surface area contributed by atoms with Crippen LogP contribution >= 0.6 is 0 Å². The van der Waals surface area contributed by atoms with Crippen molar-refractivity contribution in [3.8, 4) is 5.75 Å². The standard InChI is InChI=1S/C14H21NO3S/c1-18-13-5-3-12(4-6-13)11-14(7-8-14)9-10-15-19(2,16)17/h3-6,15H,7-11H2,1-2H3. The molecule has 0 bridgehead atoms. The Morgan fingerprint density at radius 1 is 1.26 bits per heavy atom. The highest BCUT2D eigenvalue weighted by Crippen LogP contribution is 2.51. The summed E-state index contributed by atoms with van der Waals surface area (Å²) in [6.07, 6.45) is 5.50. The van der Waals surface area contributed by atoms with Gasteiger partial charge in [-0.25, -0.2) is 13.1 Å². The first-order valence-electron chi connectivity index (χ1n) is 6.50. The van der Waals surface area contributed by atoms with Crippen LogP contribution in [0.4, 0.5) is 0 Å². The molecule has 0 saturated heterocycles. The summed E-state index contributed by atoms with van der Waals surface area (Å²) in [5.41, 5.74) is 1.59. The zero-order valence-corrected chi connectivity index (χ0v) is 12.3. The molecule has 1 N–H and O–H groups in total. The van der Waals surface area contributed by atoms with Crippen molar-refractivity contribution < 1.29 is 13.2 Å². The van der Waals surface area contributed by atoms with Crippen molar-refractivity contribution in [3.63, 3.8) is 0 Å². The molecule has 0 spiro atoms. The van der Waals surface area contributed by atoms with Crippen LogP contribution in [-0.4, -0.2) is 28.3 Å². The van der Waals surface area contributed by atoms with Crippen molar-refractivity contribution in [2.45, 2.75) is 25.7 Å². The van der Waals surface area contributed by atoms with Gasteiger partial charge in [-0.05, 0) is 48.8 Å². The summed E-state index contributed by atoms with van der Waals surface area (Å²) in [4.78, 5) is 0. The highest BCUT2D eigenvalue weighted by atomic mass is 32.2. The molecule has 4 nitrogen and oxygen atoms in total. The molecule has 0 unspecified atom stereocenters. The third kappa shape index (κ3) is 4.51. The van der Waals surface area contributed by atoms with Gasteiger partial charge in [0.1, 0.15) is 5.75 Å². The quantitative estimate of drug-likeness (QED) is 0.832. The Bertz CT molecular complexity index is 518. The normalized spacial score (nSPS) is 17.2. The summed E-state index contributed by atoms with van der Waals surface area (Å²) >= 11 is 0. The zero-order valence-electron chi connectivity index (χ0n) is 11.5. The predicted molar refractivity (Wildman–Crippen MR) is 75.8 cm³/mol. The molecule has 1 saturated carbocycles. The zero-order chi connectivity index (χ0) is 13.9. The highest BCUT2D eigenvalue weighted by molar-refractivity contribution is 7.88. The number of hydrogen-bond donors (Lipinski definition) is 1. The van der Waals surface area contributed by atoms with Gasteiger partial charge in [0.05, 0.1) is 13.4 Å². The number of sulfonamides is 1.